The van der Waals surface area contributed by atoms with E-state index in [4.69, 9.17) is 4.74 Å². The van der Waals surface area contributed by atoms with Crippen molar-refractivity contribution in [2.75, 3.05) is 0 Å². The molecule has 0 atom stereocenters. The predicted octanol–water partition coefficient (Wildman–Crippen LogP) is 3.96. The first-order valence-corrected chi connectivity index (χ1v) is 5.34. The van der Waals surface area contributed by atoms with Crippen LogP contribution < -0.4 is 4.74 Å². The van der Waals surface area contributed by atoms with Gasteiger partial charge in [-0.2, -0.15) is 0 Å². The minimum absolute atomic E-state index is 0.795. The van der Waals surface area contributed by atoms with Crippen LogP contribution in [0.3, 0.4) is 0 Å². The SMILES string of the molecule is Cc1cccc(Oc2[c]scc2)c1C. The minimum atomic E-state index is 0.795. The van der Waals surface area contributed by atoms with E-state index in [1.165, 1.54) is 22.5 Å². The fraction of sp³-hybridized carbons (Fsp3) is 0.167. The Kier molecular flexibility index (Phi) is 2.55. The Morgan fingerprint density at radius 1 is 1.21 bits per heavy atom. The van der Waals surface area contributed by atoms with Crippen molar-refractivity contribution in [2.45, 2.75) is 13.8 Å². The van der Waals surface area contributed by atoms with Crippen molar-refractivity contribution in [2.24, 2.45) is 0 Å². The number of ether oxygens (including phenoxy) is 1. The summed E-state index contributed by atoms with van der Waals surface area (Å²) in [5.41, 5.74) is 2.44. The highest BCUT2D eigenvalue weighted by atomic mass is 32.1. The average Bonchev–Trinajstić information content (AvgIpc) is 2.66. The Morgan fingerprint density at radius 2 is 2.07 bits per heavy atom. The Bertz CT molecular complexity index is 418. The standard InChI is InChI=1S/C12H11OS/c1-9-4-3-5-12(10(9)2)13-11-6-7-14-8-11/h3-7H,1-2H3. The Hall–Kier alpha value is -1.28. The molecule has 0 N–H and O–H groups in total. The molecule has 71 valence electrons. The van der Waals surface area contributed by atoms with E-state index in [-0.39, 0.29) is 0 Å². The van der Waals surface area contributed by atoms with Gasteiger partial charge in [0.2, 0.25) is 0 Å². The summed E-state index contributed by atoms with van der Waals surface area (Å²) in [6.45, 7) is 4.15. The minimum Gasteiger partial charge on any atom is -0.456 e. The Balaban J connectivity index is 2.29. The lowest BCUT2D eigenvalue weighted by Gasteiger charge is -2.08. The van der Waals surface area contributed by atoms with Crippen molar-refractivity contribution in [3.63, 3.8) is 0 Å². The zero-order valence-corrected chi connectivity index (χ0v) is 9.02. The van der Waals surface area contributed by atoms with E-state index in [9.17, 15) is 0 Å². The van der Waals surface area contributed by atoms with Crippen LogP contribution in [0.15, 0.2) is 29.6 Å². The summed E-state index contributed by atoms with van der Waals surface area (Å²) in [4.78, 5) is 0. The zero-order chi connectivity index (χ0) is 9.97. The molecule has 0 saturated heterocycles. The Morgan fingerprint density at radius 3 is 2.79 bits per heavy atom. The predicted molar refractivity (Wildman–Crippen MR) is 59.1 cm³/mol. The summed E-state index contributed by atoms with van der Waals surface area (Å²) < 4.78 is 5.68. The van der Waals surface area contributed by atoms with E-state index in [1.807, 2.05) is 23.6 Å². The molecule has 0 saturated carbocycles. The topological polar surface area (TPSA) is 9.23 Å². The van der Waals surface area contributed by atoms with Crippen LogP contribution in [0, 0.1) is 19.2 Å². The number of benzene rings is 1. The maximum atomic E-state index is 5.68. The second-order valence-electron chi connectivity index (χ2n) is 3.19. The van der Waals surface area contributed by atoms with Gasteiger partial charge < -0.3 is 4.74 Å². The van der Waals surface area contributed by atoms with Gasteiger partial charge in [0.15, 0.2) is 0 Å². The number of thiophene rings is 1. The van der Waals surface area contributed by atoms with Gasteiger partial charge in [0, 0.05) is 0 Å². The van der Waals surface area contributed by atoms with Gasteiger partial charge in [0.25, 0.3) is 0 Å². The van der Waals surface area contributed by atoms with E-state index in [0.717, 1.165) is 11.5 Å². The van der Waals surface area contributed by atoms with E-state index < -0.39 is 0 Å². The molecule has 1 aromatic heterocycles. The normalized spacial score (nSPS) is 10.1. The van der Waals surface area contributed by atoms with E-state index in [2.05, 4.69) is 25.3 Å². The van der Waals surface area contributed by atoms with Crippen LogP contribution in [0.5, 0.6) is 11.5 Å². The monoisotopic (exact) mass is 203 g/mol. The summed E-state index contributed by atoms with van der Waals surface area (Å²) in [7, 11) is 0. The molecule has 1 heterocycles. The van der Waals surface area contributed by atoms with Gasteiger partial charge in [-0.3, -0.25) is 0 Å². The van der Waals surface area contributed by atoms with Crippen LogP contribution in [-0.2, 0) is 0 Å². The molecule has 1 aromatic carbocycles. The van der Waals surface area contributed by atoms with Crippen LogP contribution in [0.4, 0.5) is 0 Å². The molecule has 1 nitrogen and oxygen atoms in total. The van der Waals surface area contributed by atoms with Gasteiger partial charge in [-0.05, 0) is 42.5 Å². The first kappa shape index (κ1) is 9.28. The van der Waals surface area contributed by atoms with Crippen LogP contribution in [0.25, 0.3) is 0 Å². The molecule has 0 amide bonds. The molecule has 1 radical (unpaired) electrons. The van der Waals surface area contributed by atoms with E-state index in [0.29, 0.717) is 0 Å². The second-order valence-corrected chi connectivity index (χ2v) is 3.90. The highest BCUT2D eigenvalue weighted by Gasteiger charge is 2.03. The molecule has 2 aromatic rings. The zero-order valence-electron chi connectivity index (χ0n) is 8.20. The summed E-state index contributed by atoms with van der Waals surface area (Å²) in [6, 6.07) is 7.99. The number of aryl methyl sites for hydroxylation is 1. The first-order chi connectivity index (χ1) is 6.77. The van der Waals surface area contributed by atoms with Crippen molar-refractivity contribution >= 4 is 11.3 Å². The van der Waals surface area contributed by atoms with Crippen molar-refractivity contribution in [1.29, 1.82) is 0 Å². The molecule has 0 aliphatic rings. The first-order valence-electron chi connectivity index (χ1n) is 4.46. The summed E-state index contributed by atoms with van der Waals surface area (Å²) in [6.07, 6.45) is 0. The van der Waals surface area contributed by atoms with Crippen molar-refractivity contribution in [3.8, 4) is 11.5 Å². The molecular formula is C12H11OS. The third kappa shape index (κ3) is 1.80. The number of hydrogen-bond acceptors (Lipinski definition) is 2. The summed E-state index contributed by atoms with van der Waals surface area (Å²) >= 11 is 1.52. The van der Waals surface area contributed by atoms with Crippen molar-refractivity contribution < 1.29 is 4.74 Å². The summed E-state index contributed by atoms with van der Waals surface area (Å²) in [5, 5.41) is 5.01. The van der Waals surface area contributed by atoms with Gasteiger partial charge in [-0.25, -0.2) is 0 Å². The van der Waals surface area contributed by atoms with Gasteiger partial charge in [0.1, 0.15) is 11.5 Å². The average molecular weight is 203 g/mol. The summed E-state index contributed by atoms with van der Waals surface area (Å²) in [5.74, 6) is 1.71. The maximum absolute atomic E-state index is 5.68. The lowest BCUT2D eigenvalue weighted by Crippen LogP contribution is -1.88. The maximum Gasteiger partial charge on any atom is 0.146 e. The molecule has 0 unspecified atom stereocenters. The van der Waals surface area contributed by atoms with Crippen LogP contribution in [-0.4, -0.2) is 0 Å². The molecule has 0 spiro atoms. The van der Waals surface area contributed by atoms with Gasteiger partial charge >= 0.3 is 0 Å². The quantitative estimate of drug-likeness (QED) is 0.718. The van der Waals surface area contributed by atoms with Crippen molar-refractivity contribution in [1.82, 2.24) is 0 Å². The highest BCUT2D eigenvalue weighted by molar-refractivity contribution is 7.07. The highest BCUT2D eigenvalue weighted by Crippen LogP contribution is 2.27. The van der Waals surface area contributed by atoms with Crippen LogP contribution >= 0.6 is 11.3 Å². The molecular weight excluding hydrogens is 192 g/mol. The molecule has 14 heavy (non-hydrogen) atoms. The molecule has 0 aliphatic heterocycles. The number of hydrogen-bond donors (Lipinski definition) is 0. The molecule has 0 fully saturated rings. The Labute approximate surface area is 88.0 Å². The lowest BCUT2D eigenvalue weighted by atomic mass is 10.1. The molecule has 0 bridgehead atoms. The largest absolute Gasteiger partial charge is 0.456 e. The van der Waals surface area contributed by atoms with Crippen molar-refractivity contribution in [3.05, 3.63) is 46.2 Å². The number of rotatable bonds is 2. The smallest absolute Gasteiger partial charge is 0.146 e. The van der Waals surface area contributed by atoms with Crippen LogP contribution in [0.1, 0.15) is 11.1 Å². The molecule has 2 rings (SSSR count). The van der Waals surface area contributed by atoms with Gasteiger partial charge in [0.05, 0.1) is 5.38 Å². The van der Waals surface area contributed by atoms with Gasteiger partial charge in [-0.1, -0.05) is 12.1 Å². The lowest BCUT2D eigenvalue weighted by molar-refractivity contribution is 0.480. The van der Waals surface area contributed by atoms with Crippen LogP contribution in [0.2, 0.25) is 0 Å². The van der Waals surface area contributed by atoms with E-state index >= 15 is 0 Å². The fourth-order valence-electron chi connectivity index (χ4n) is 1.23. The van der Waals surface area contributed by atoms with Gasteiger partial charge in [-0.15, -0.1) is 11.3 Å². The van der Waals surface area contributed by atoms with E-state index in [1.54, 1.807) is 0 Å². The fourth-order valence-corrected chi connectivity index (χ4v) is 1.72. The molecule has 0 aliphatic carbocycles. The third-order valence-electron chi connectivity index (χ3n) is 2.22. The third-order valence-corrected chi connectivity index (χ3v) is 2.81. The molecule has 2 heteroatoms. The second kappa shape index (κ2) is 3.84.